The number of hydrogen-bond donors (Lipinski definition) is 2. The summed E-state index contributed by atoms with van der Waals surface area (Å²) in [6, 6.07) is 21.6. The van der Waals surface area contributed by atoms with Gasteiger partial charge in [-0.2, -0.15) is 0 Å². The smallest absolute Gasteiger partial charge is 0.252 e. The van der Waals surface area contributed by atoms with E-state index in [1.54, 1.807) is 46.9 Å². The van der Waals surface area contributed by atoms with Gasteiger partial charge >= 0.3 is 0 Å². The maximum absolute atomic E-state index is 13.0. The molecular formula is C25H23N3O2S2. The Labute approximate surface area is 195 Å². The van der Waals surface area contributed by atoms with Gasteiger partial charge < -0.3 is 10.6 Å². The average Bonchev–Trinajstić information content (AvgIpc) is 3.47. The van der Waals surface area contributed by atoms with Gasteiger partial charge in [-0.05, 0) is 43.2 Å². The lowest BCUT2D eigenvalue weighted by atomic mass is 10.1. The highest BCUT2D eigenvalue weighted by Gasteiger charge is 2.23. The molecule has 2 aromatic heterocycles. The topological polar surface area (TPSA) is 71.1 Å². The van der Waals surface area contributed by atoms with Crippen LogP contribution in [0.4, 0.5) is 0 Å². The van der Waals surface area contributed by atoms with Crippen LogP contribution in [0.3, 0.4) is 0 Å². The van der Waals surface area contributed by atoms with Crippen LogP contribution in [0.1, 0.15) is 31.8 Å². The van der Waals surface area contributed by atoms with Crippen molar-refractivity contribution < 1.29 is 9.59 Å². The largest absolute Gasteiger partial charge is 0.354 e. The van der Waals surface area contributed by atoms with Crippen molar-refractivity contribution in [3.05, 3.63) is 99.2 Å². The Bertz CT molecular complexity index is 1190. The zero-order valence-corrected chi connectivity index (χ0v) is 19.2. The first kappa shape index (κ1) is 21.9. The number of thiophene rings is 1. The molecule has 2 amide bonds. The fraction of sp³-hybridized carbons (Fsp3) is 0.160. The Morgan fingerprint density at radius 2 is 1.69 bits per heavy atom. The number of carbonyl (C=O) groups is 2. The Morgan fingerprint density at radius 1 is 0.969 bits per heavy atom. The van der Waals surface area contributed by atoms with Crippen LogP contribution in [0.15, 0.2) is 78.2 Å². The summed E-state index contributed by atoms with van der Waals surface area (Å²) in [6.45, 7) is 2.48. The fourth-order valence-corrected chi connectivity index (χ4v) is 4.94. The number of carbonyl (C=O) groups excluding carboxylic acids is 2. The molecule has 0 aliphatic carbocycles. The number of nitrogens with zero attached hydrogens (tertiary/aromatic N) is 1. The van der Waals surface area contributed by atoms with Crippen molar-refractivity contribution in [1.82, 2.24) is 15.6 Å². The molecule has 5 nitrogen and oxygen atoms in total. The molecule has 4 rings (SSSR count). The summed E-state index contributed by atoms with van der Waals surface area (Å²) in [7, 11) is 0. The summed E-state index contributed by atoms with van der Waals surface area (Å²) in [4.78, 5) is 32.5. The van der Waals surface area contributed by atoms with E-state index in [4.69, 9.17) is 0 Å². The number of hydrogen-bond acceptors (Lipinski definition) is 5. The van der Waals surface area contributed by atoms with E-state index in [2.05, 4.69) is 33.1 Å². The first-order valence-corrected chi connectivity index (χ1v) is 12.0. The zero-order valence-electron chi connectivity index (χ0n) is 17.6. The van der Waals surface area contributed by atoms with Crippen molar-refractivity contribution in [3.8, 4) is 10.6 Å². The number of aryl methyl sites for hydroxylation is 1. The third-order valence-corrected chi connectivity index (χ3v) is 6.85. The Hall–Kier alpha value is -3.29. The summed E-state index contributed by atoms with van der Waals surface area (Å²) >= 11 is 3.33. The number of benzene rings is 2. The van der Waals surface area contributed by atoms with E-state index in [0.717, 1.165) is 21.1 Å². The molecule has 0 aliphatic heterocycles. The molecule has 1 atom stereocenters. The van der Waals surface area contributed by atoms with E-state index in [1.165, 1.54) is 4.88 Å². The summed E-state index contributed by atoms with van der Waals surface area (Å²) in [5.41, 5.74) is 2.26. The number of amides is 2. The average molecular weight is 462 g/mol. The Kier molecular flexibility index (Phi) is 7.09. The third kappa shape index (κ3) is 5.49. The standard InChI is InChI=1S/C25H23N3O2S2/c1-17-27-21(16-31-17)22-13-12-20(32-22)14-15-26-25(30)23(18-8-4-2-5-9-18)28-24(29)19-10-6-3-7-11-19/h2-13,16,23H,14-15H2,1H3,(H,26,30)(H,28,29). The van der Waals surface area contributed by atoms with Crippen molar-refractivity contribution in [3.63, 3.8) is 0 Å². The number of nitrogens with one attached hydrogen (secondary N) is 2. The Morgan fingerprint density at radius 3 is 2.38 bits per heavy atom. The van der Waals surface area contributed by atoms with Crippen LogP contribution in [-0.4, -0.2) is 23.3 Å². The van der Waals surface area contributed by atoms with Gasteiger partial charge in [0.25, 0.3) is 5.91 Å². The monoisotopic (exact) mass is 461 g/mol. The van der Waals surface area contributed by atoms with Crippen molar-refractivity contribution in [2.75, 3.05) is 6.54 Å². The van der Waals surface area contributed by atoms with Gasteiger partial charge in [-0.1, -0.05) is 48.5 Å². The molecule has 2 aromatic carbocycles. The highest BCUT2D eigenvalue weighted by Crippen LogP contribution is 2.29. The van der Waals surface area contributed by atoms with Gasteiger partial charge in [0, 0.05) is 22.4 Å². The van der Waals surface area contributed by atoms with E-state index in [0.29, 0.717) is 18.5 Å². The normalized spacial score (nSPS) is 11.7. The van der Waals surface area contributed by atoms with Gasteiger partial charge in [0.1, 0.15) is 6.04 Å². The van der Waals surface area contributed by atoms with Gasteiger partial charge in [-0.3, -0.25) is 9.59 Å². The molecule has 0 bridgehead atoms. The van der Waals surface area contributed by atoms with Gasteiger partial charge in [-0.25, -0.2) is 4.98 Å². The minimum absolute atomic E-state index is 0.229. The van der Waals surface area contributed by atoms with Crippen LogP contribution in [-0.2, 0) is 11.2 Å². The first-order valence-electron chi connectivity index (χ1n) is 10.3. The van der Waals surface area contributed by atoms with Crippen LogP contribution in [0.2, 0.25) is 0 Å². The highest BCUT2D eigenvalue weighted by atomic mass is 32.1. The molecule has 4 aromatic rings. The lowest BCUT2D eigenvalue weighted by molar-refractivity contribution is -0.123. The molecule has 2 N–H and O–H groups in total. The molecule has 1 unspecified atom stereocenters. The molecule has 0 radical (unpaired) electrons. The molecule has 32 heavy (non-hydrogen) atoms. The van der Waals surface area contributed by atoms with Crippen molar-refractivity contribution in [1.29, 1.82) is 0 Å². The van der Waals surface area contributed by atoms with Crippen molar-refractivity contribution in [2.24, 2.45) is 0 Å². The minimum Gasteiger partial charge on any atom is -0.354 e. The van der Waals surface area contributed by atoms with Gasteiger partial charge in [0.2, 0.25) is 5.91 Å². The van der Waals surface area contributed by atoms with Crippen LogP contribution >= 0.6 is 22.7 Å². The van der Waals surface area contributed by atoms with E-state index in [-0.39, 0.29) is 11.8 Å². The van der Waals surface area contributed by atoms with Crippen LogP contribution in [0, 0.1) is 6.92 Å². The van der Waals surface area contributed by atoms with Gasteiger partial charge in [-0.15, -0.1) is 22.7 Å². The predicted octanol–water partition coefficient (Wildman–Crippen LogP) is 5.01. The number of rotatable bonds is 8. The van der Waals surface area contributed by atoms with Crippen LogP contribution in [0.25, 0.3) is 10.6 Å². The summed E-state index contributed by atoms with van der Waals surface area (Å²) in [5.74, 6) is -0.511. The fourth-order valence-electron chi connectivity index (χ4n) is 3.29. The van der Waals surface area contributed by atoms with Gasteiger partial charge in [0.05, 0.1) is 15.6 Å². The molecule has 162 valence electrons. The van der Waals surface area contributed by atoms with E-state index in [9.17, 15) is 9.59 Å². The van der Waals surface area contributed by atoms with E-state index >= 15 is 0 Å². The SMILES string of the molecule is Cc1nc(-c2ccc(CCNC(=O)C(NC(=O)c3ccccc3)c3ccccc3)s2)cs1. The molecule has 0 spiro atoms. The number of thiazole rings is 1. The van der Waals surface area contributed by atoms with Crippen LogP contribution in [0.5, 0.6) is 0 Å². The van der Waals surface area contributed by atoms with Crippen LogP contribution < -0.4 is 10.6 Å². The van der Waals surface area contributed by atoms with E-state index < -0.39 is 6.04 Å². The summed E-state index contributed by atoms with van der Waals surface area (Å²) in [5, 5.41) is 8.96. The molecule has 7 heteroatoms. The lowest BCUT2D eigenvalue weighted by Gasteiger charge is -2.19. The highest BCUT2D eigenvalue weighted by molar-refractivity contribution is 7.16. The minimum atomic E-state index is -0.763. The molecule has 0 saturated heterocycles. The third-order valence-electron chi connectivity index (χ3n) is 4.91. The quantitative estimate of drug-likeness (QED) is 0.387. The first-order chi connectivity index (χ1) is 15.6. The lowest BCUT2D eigenvalue weighted by Crippen LogP contribution is -2.41. The number of aromatic nitrogens is 1. The summed E-state index contributed by atoms with van der Waals surface area (Å²) in [6.07, 6.45) is 0.716. The second-order valence-electron chi connectivity index (χ2n) is 7.24. The van der Waals surface area contributed by atoms with E-state index in [1.807, 2.05) is 43.3 Å². The Balaban J connectivity index is 1.39. The second-order valence-corrected chi connectivity index (χ2v) is 9.47. The zero-order chi connectivity index (χ0) is 22.3. The molecule has 0 saturated carbocycles. The maximum Gasteiger partial charge on any atom is 0.252 e. The molecule has 2 heterocycles. The molecule has 0 aliphatic rings. The van der Waals surface area contributed by atoms with Crippen molar-refractivity contribution >= 4 is 34.5 Å². The maximum atomic E-state index is 13.0. The second kappa shape index (κ2) is 10.3. The van der Waals surface area contributed by atoms with Gasteiger partial charge in [0.15, 0.2) is 0 Å². The summed E-state index contributed by atoms with van der Waals surface area (Å²) < 4.78 is 0. The molecule has 0 fully saturated rings. The predicted molar refractivity (Wildman–Crippen MR) is 130 cm³/mol. The molecular weight excluding hydrogens is 438 g/mol. The van der Waals surface area contributed by atoms with Crippen molar-refractivity contribution in [2.45, 2.75) is 19.4 Å².